The minimum atomic E-state index is 0.359. The van der Waals surface area contributed by atoms with Crippen molar-refractivity contribution >= 4 is 0 Å². The smallest absolute Gasteiger partial charge is 0.231 e. The summed E-state index contributed by atoms with van der Waals surface area (Å²) in [7, 11) is 0. The predicted octanol–water partition coefficient (Wildman–Crippen LogP) is 1.41. The molecule has 1 saturated heterocycles. The van der Waals surface area contributed by atoms with Gasteiger partial charge in [0, 0.05) is 6.54 Å². The van der Waals surface area contributed by atoms with Crippen molar-refractivity contribution in [1.82, 2.24) is 15.5 Å². The van der Waals surface area contributed by atoms with Crippen molar-refractivity contribution < 1.29 is 8.94 Å². The van der Waals surface area contributed by atoms with Gasteiger partial charge in [0.25, 0.3) is 0 Å². The first-order valence-electron chi connectivity index (χ1n) is 5.00. The molecule has 0 amide bonds. The number of rotatable bonds is 2. The van der Waals surface area contributed by atoms with Gasteiger partial charge in [-0.25, -0.2) is 0 Å². The lowest BCUT2D eigenvalue weighted by Crippen LogP contribution is -2.08. The van der Waals surface area contributed by atoms with Crippen LogP contribution in [0.1, 0.15) is 18.2 Å². The Kier molecular flexibility index (Phi) is 2.03. The third-order valence-electron chi connectivity index (χ3n) is 2.63. The second kappa shape index (κ2) is 3.51. The summed E-state index contributed by atoms with van der Waals surface area (Å²) in [5, 5.41) is 7.20. The van der Waals surface area contributed by atoms with Crippen molar-refractivity contribution in [3.05, 3.63) is 24.5 Å². The summed E-state index contributed by atoms with van der Waals surface area (Å²) >= 11 is 0. The first kappa shape index (κ1) is 8.67. The van der Waals surface area contributed by atoms with E-state index >= 15 is 0 Å². The van der Waals surface area contributed by atoms with Crippen LogP contribution in [0.5, 0.6) is 0 Å². The van der Waals surface area contributed by atoms with E-state index in [1.807, 2.05) is 6.07 Å². The molecule has 1 aliphatic heterocycles. The third kappa shape index (κ3) is 1.55. The van der Waals surface area contributed by atoms with Crippen LogP contribution in [0.25, 0.3) is 11.4 Å². The molecular weight excluding hydrogens is 194 g/mol. The van der Waals surface area contributed by atoms with Crippen molar-refractivity contribution in [3.63, 3.8) is 0 Å². The summed E-state index contributed by atoms with van der Waals surface area (Å²) in [6.45, 7) is 1.95. The molecule has 0 saturated carbocycles. The monoisotopic (exact) mass is 205 g/mol. The van der Waals surface area contributed by atoms with Crippen LogP contribution in [0.2, 0.25) is 0 Å². The minimum Gasteiger partial charge on any atom is -0.472 e. The molecule has 3 rings (SSSR count). The lowest BCUT2D eigenvalue weighted by atomic mass is 10.1. The van der Waals surface area contributed by atoms with Gasteiger partial charge < -0.3 is 14.3 Å². The summed E-state index contributed by atoms with van der Waals surface area (Å²) in [4.78, 5) is 4.36. The number of nitrogens with zero attached hydrogens (tertiary/aromatic N) is 2. The van der Waals surface area contributed by atoms with Crippen LogP contribution in [0.3, 0.4) is 0 Å². The fourth-order valence-electron chi connectivity index (χ4n) is 1.78. The molecule has 78 valence electrons. The molecule has 1 atom stereocenters. The Balaban J connectivity index is 1.87. The average molecular weight is 205 g/mol. The highest BCUT2D eigenvalue weighted by atomic mass is 16.5. The van der Waals surface area contributed by atoms with E-state index in [4.69, 9.17) is 8.94 Å². The molecule has 1 N–H and O–H groups in total. The highest BCUT2D eigenvalue weighted by molar-refractivity contribution is 5.51. The summed E-state index contributed by atoms with van der Waals surface area (Å²) in [6.07, 6.45) is 4.27. The molecule has 1 unspecified atom stereocenters. The summed E-state index contributed by atoms with van der Waals surface area (Å²) in [5.74, 6) is 1.68. The van der Waals surface area contributed by atoms with E-state index in [1.165, 1.54) is 0 Å². The predicted molar refractivity (Wildman–Crippen MR) is 52.2 cm³/mol. The van der Waals surface area contributed by atoms with Crippen LogP contribution in [-0.2, 0) is 0 Å². The van der Waals surface area contributed by atoms with E-state index in [9.17, 15) is 0 Å². The van der Waals surface area contributed by atoms with Gasteiger partial charge in [-0.2, -0.15) is 4.98 Å². The van der Waals surface area contributed by atoms with Gasteiger partial charge in [0.05, 0.1) is 17.7 Å². The lowest BCUT2D eigenvalue weighted by molar-refractivity contribution is 0.359. The summed E-state index contributed by atoms with van der Waals surface area (Å²) in [6, 6.07) is 1.82. The first-order valence-corrected chi connectivity index (χ1v) is 5.00. The first-order chi connectivity index (χ1) is 7.43. The molecular formula is C10H11N3O2. The standard InChI is InChI=1S/C10H11N3O2/c1-3-11-5-7(1)10-12-9(13-15-10)8-2-4-14-6-8/h2,4,6-7,11H,1,3,5H2. The van der Waals surface area contributed by atoms with Crippen LogP contribution in [0.4, 0.5) is 0 Å². The van der Waals surface area contributed by atoms with Crippen molar-refractivity contribution in [3.8, 4) is 11.4 Å². The highest BCUT2D eigenvalue weighted by Crippen LogP contribution is 2.23. The van der Waals surface area contributed by atoms with E-state index in [2.05, 4.69) is 15.5 Å². The fourth-order valence-corrected chi connectivity index (χ4v) is 1.78. The minimum absolute atomic E-state index is 0.359. The summed E-state index contributed by atoms with van der Waals surface area (Å²) in [5.41, 5.74) is 0.857. The van der Waals surface area contributed by atoms with Crippen LogP contribution in [-0.4, -0.2) is 23.2 Å². The number of aromatic nitrogens is 2. The Morgan fingerprint density at radius 3 is 3.20 bits per heavy atom. The molecule has 3 heterocycles. The molecule has 0 radical (unpaired) electrons. The second-order valence-corrected chi connectivity index (χ2v) is 3.66. The third-order valence-corrected chi connectivity index (χ3v) is 2.63. The number of hydrogen-bond acceptors (Lipinski definition) is 5. The van der Waals surface area contributed by atoms with Crippen molar-refractivity contribution in [2.45, 2.75) is 12.3 Å². The molecule has 2 aromatic heterocycles. The topological polar surface area (TPSA) is 64.1 Å². The molecule has 0 bridgehead atoms. The number of nitrogens with one attached hydrogen (secondary N) is 1. The normalized spacial score (nSPS) is 20.9. The van der Waals surface area contributed by atoms with E-state index in [0.29, 0.717) is 11.7 Å². The van der Waals surface area contributed by atoms with Gasteiger partial charge in [0.1, 0.15) is 6.26 Å². The molecule has 0 spiro atoms. The molecule has 15 heavy (non-hydrogen) atoms. The zero-order chi connectivity index (χ0) is 10.1. The molecule has 5 heteroatoms. The quantitative estimate of drug-likeness (QED) is 0.802. The zero-order valence-electron chi connectivity index (χ0n) is 8.14. The maximum atomic E-state index is 5.23. The maximum absolute atomic E-state index is 5.23. The van der Waals surface area contributed by atoms with Crippen molar-refractivity contribution in [2.24, 2.45) is 0 Å². The Bertz CT molecular complexity index is 429. The van der Waals surface area contributed by atoms with Gasteiger partial charge in [-0.05, 0) is 19.0 Å². The molecule has 1 aliphatic rings. The van der Waals surface area contributed by atoms with Crippen LogP contribution < -0.4 is 5.32 Å². The number of furan rings is 1. The molecule has 2 aromatic rings. The largest absolute Gasteiger partial charge is 0.472 e. The Morgan fingerprint density at radius 2 is 2.47 bits per heavy atom. The van der Waals surface area contributed by atoms with Crippen LogP contribution >= 0.6 is 0 Å². The number of hydrogen-bond donors (Lipinski definition) is 1. The van der Waals surface area contributed by atoms with E-state index in [-0.39, 0.29) is 0 Å². The SMILES string of the molecule is c1cc(-c2noc(C3CCNC3)n2)co1. The Morgan fingerprint density at radius 1 is 1.47 bits per heavy atom. The Hall–Kier alpha value is -1.62. The lowest BCUT2D eigenvalue weighted by Gasteiger charge is -1.98. The molecule has 5 nitrogen and oxygen atoms in total. The zero-order valence-corrected chi connectivity index (χ0v) is 8.14. The molecule has 1 fully saturated rings. The van der Waals surface area contributed by atoms with Crippen molar-refractivity contribution in [2.75, 3.05) is 13.1 Å². The van der Waals surface area contributed by atoms with E-state index in [0.717, 1.165) is 31.0 Å². The van der Waals surface area contributed by atoms with Gasteiger partial charge in [0.15, 0.2) is 0 Å². The molecule has 0 aliphatic carbocycles. The van der Waals surface area contributed by atoms with E-state index in [1.54, 1.807) is 12.5 Å². The van der Waals surface area contributed by atoms with Gasteiger partial charge >= 0.3 is 0 Å². The van der Waals surface area contributed by atoms with E-state index < -0.39 is 0 Å². The Labute approximate surface area is 86.5 Å². The highest BCUT2D eigenvalue weighted by Gasteiger charge is 2.23. The fraction of sp³-hybridized carbons (Fsp3) is 0.400. The summed E-state index contributed by atoms with van der Waals surface area (Å²) < 4.78 is 10.2. The van der Waals surface area contributed by atoms with Crippen LogP contribution in [0.15, 0.2) is 27.5 Å². The van der Waals surface area contributed by atoms with Gasteiger partial charge in [-0.15, -0.1) is 0 Å². The molecule has 0 aromatic carbocycles. The van der Waals surface area contributed by atoms with Gasteiger partial charge in [0.2, 0.25) is 11.7 Å². The van der Waals surface area contributed by atoms with Crippen LogP contribution in [0, 0.1) is 0 Å². The van der Waals surface area contributed by atoms with Gasteiger partial charge in [-0.3, -0.25) is 0 Å². The maximum Gasteiger partial charge on any atom is 0.231 e. The van der Waals surface area contributed by atoms with Gasteiger partial charge in [-0.1, -0.05) is 5.16 Å². The average Bonchev–Trinajstić information content (AvgIpc) is 3.02. The second-order valence-electron chi connectivity index (χ2n) is 3.66. The van der Waals surface area contributed by atoms with Crippen molar-refractivity contribution in [1.29, 1.82) is 0 Å².